The Balaban J connectivity index is 0.000001000. The molecule has 0 radical (unpaired) electrons. The lowest BCUT2D eigenvalue weighted by molar-refractivity contribution is 0.737. The Morgan fingerprint density at radius 2 is 1.90 bits per heavy atom. The number of rotatable bonds is 3. The van der Waals surface area contributed by atoms with E-state index >= 15 is 0 Å². The number of aromatic nitrogens is 3. The molecule has 2 aromatic heterocycles. The van der Waals surface area contributed by atoms with E-state index in [9.17, 15) is 0 Å². The van der Waals surface area contributed by atoms with Crippen molar-refractivity contribution in [2.45, 2.75) is 19.3 Å². The fourth-order valence-electron chi connectivity index (χ4n) is 2.43. The van der Waals surface area contributed by atoms with Gasteiger partial charge in [-0.2, -0.15) is 0 Å². The Morgan fingerprint density at radius 1 is 1.10 bits per heavy atom. The Labute approximate surface area is 130 Å². The molecule has 1 N–H and O–H groups in total. The number of hydrogen-bond acceptors (Lipinski definition) is 2. The van der Waals surface area contributed by atoms with Gasteiger partial charge in [0, 0.05) is 23.7 Å². The van der Waals surface area contributed by atoms with Crippen LogP contribution in [0.3, 0.4) is 0 Å². The minimum atomic E-state index is 0. The highest BCUT2D eigenvalue weighted by atomic mass is 35.5. The SMILES string of the molecule is CCC(c1c[nH]cn1)c1nccc2ccccc12.Cl.Cl. The van der Waals surface area contributed by atoms with Crippen LogP contribution in [0.15, 0.2) is 49.1 Å². The van der Waals surface area contributed by atoms with E-state index in [1.807, 2.05) is 12.4 Å². The smallest absolute Gasteiger partial charge is 0.0923 e. The van der Waals surface area contributed by atoms with E-state index in [0.717, 1.165) is 17.8 Å². The number of benzene rings is 1. The molecule has 1 unspecified atom stereocenters. The van der Waals surface area contributed by atoms with E-state index in [2.05, 4.69) is 52.2 Å². The van der Waals surface area contributed by atoms with E-state index in [0.29, 0.717) is 0 Å². The molecule has 20 heavy (non-hydrogen) atoms. The largest absolute Gasteiger partial charge is 0.351 e. The molecule has 0 saturated carbocycles. The van der Waals surface area contributed by atoms with Crippen LogP contribution in [-0.4, -0.2) is 15.0 Å². The fourth-order valence-corrected chi connectivity index (χ4v) is 2.43. The summed E-state index contributed by atoms with van der Waals surface area (Å²) in [7, 11) is 0. The van der Waals surface area contributed by atoms with E-state index in [-0.39, 0.29) is 30.7 Å². The zero-order chi connectivity index (χ0) is 12.4. The van der Waals surface area contributed by atoms with Gasteiger partial charge in [0.15, 0.2) is 0 Å². The van der Waals surface area contributed by atoms with Crippen molar-refractivity contribution in [1.82, 2.24) is 15.0 Å². The maximum Gasteiger partial charge on any atom is 0.0923 e. The van der Waals surface area contributed by atoms with Crippen LogP contribution in [-0.2, 0) is 0 Å². The topological polar surface area (TPSA) is 41.6 Å². The molecule has 106 valence electrons. The van der Waals surface area contributed by atoms with Gasteiger partial charge < -0.3 is 4.98 Å². The second kappa shape index (κ2) is 7.27. The molecule has 5 heteroatoms. The average Bonchev–Trinajstić information content (AvgIpc) is 2.94. The molecule has 0 spiro atoms. The minimum Gasteiger partial charge on any atom is -0.351 e. The first kappa shape index (κ1) is 16.5. The van der Waals surface area contributed by atoms with Crippen LogP contribution in [0.1, 0.15) is 30.7 Å². The second-order valence-corrected chi connectivity index (χ2v) is 4.37. The molecular weight excluding hydrogens is 293 g/mol. The van der Waals surface area contributed by atoms with Gasteiger partial charge in [0.25, 0.3) is 0 Å². The molecule has 3 nitrogen and oxygen atoms in total. The number of imidazole rings is 1. The van der Waals surface area contributed by atoms with Gasteiger partial charge in [0.2, 0.25) is 0 Å². The molecule has 1 aromatic carbocycles. The summed E-state index contributed by atoms with van der Waals surface area (Å²) < 4.78 is 0. The molecule has 0 fully saturated rings. The Morgan fingerprint density at radius 3 is 2.60 bits per heavy atom. The van der Waals surface area contributed by atoms with Crippen molar-refractivity contribution in [3.63, 3.8) is 0 Å². The number of nitrogens with one attached hydrogen (secondary N) is 1. The number of H-pyrrole nitrogens is 1. The van der Waals surface area contributed by atoms with Crippen molar-refractivity contribution in [2.75, 3.05) is 0 Å². The van der Waals surface area contributed by atoms with Crippen molar-refractivity contribution in [2.24, 2.45) is 0 Å². The highest BCUT2D eigenvalue weighted by Gasteiger charge is 2.17. The third-order valence-electron chi connectivity index (χ3n) is 3.32. The van der Waals surface area contributed by atoms with Crippen molar-refractivity contribution < 1.29 is 0 Å². The molecule has 3 rings (SSSR count). The maximum absolute atomic E-state index is 4.58. The molecule has 1 atom stereocenters. The summed E-state index contributed by atoms with van der Waals surface area (Å²) in [6.07, 6.45) is 6.56. The van der Waals surface area contributed by atoms with E-state index in [1.165, 1.54) is 10.8 Å². The number of hydrogen-bond donors (Lipinski definition) is 1. The van der Waals surface area contributed by atoms with Gasteiger partial charge in [-0.1, -0.05) is 31.2 Å². The zero-order valence-electron chi connectivity index (χ0n) is 11.1. The monoisotopic (exact) mass is 309 g/mol. The summed E-state index contributed by atoms with van der Waals surface area (Å²) >= 11 is 0. The summed E-state index contributed by atoms with van der Waals surface area (Å²) in [4.78, 5) is 12.0. The lowest BCUT2D eigenvalue weighted by Gasteiger charge is -2.14. The summed E-state index contributed by atoms with van der Waals surface area (Å²) in [5.74, 6) is 0.252. The van der Waals surface area contributed by atoms with E-state index in [4.69, 9.17) is 0 Å². The van der Waals surface area contributed by atoms with Gasteiger partial charge in [0.1, 0.15) is 0 Å². The van der Waals surface area contributed by atoms with Crippen LogP contribution >= 0.6 is 24.8 Å². The molecule has 3 aromatic rings. The number of pyridine rings is 1. The first-order valence-electron chi connectivity index (χ1n) is 6.22. The van der Waals surface area contributed by atoms with Crippen molar-refractivity contribution in [3.8, 4) is 0 Å². The minimum absolute atomic E-state index is 0. The molecular formula is C15H17Cl2N3. The highest BCUT2D eigenvalue weighted by molar-refractivity contribution is 5.86. The Bertz CT molecular complexity index is 648. The predicted molar refractivity (Wildman–Crippen MR) is 87.0 cm³/mol. The summed E-state index contributed by atoms with van der Waals surface area (Å²) in [5.41, 5.74) is 2.17. The normalized spacial score (nSPS) is 11.4. The number of nitrogens with zero attached hydrogens (tertiary/aromatic N) is 2. The quantitative estimate of drug-likeness (QED) is 0.781. The Kier molecular flexibility index (Phi) is 5.99. The maximum atomic E-state index is 4.58. The first-order valence-corrected chi connectivity index (χ1v) is 6.22. The number of halogens is 2. The lowest BCUT2D eigenvalue weighted by atomic mass is 9.94. The number of fused-ring (bicyclic) bond motifs is 1. The van der Waals surface area contributed by atoms with Crippen molar-refractivity contribution in [3.05, 3.63) is 60.4 Å². The predicted octanol–water partition coefficient (Wildman–Crippen LogP) is 4.34. The van der Waals surface area contributed by atoms with Crippen LogP contribution in [0.4, 0.5) is 0 Å². The van der Waals surface area contributed by atoms with Gasteiger partial charge in [-0.05, 0) is 17.9 Å². The molecule has 0 aliphatic heterocycles. The molecule has 0 amide bonds. The van der Waals surface area contributed by atoms with Gasteiger partial charge in [-0.3, -0.25) is 4.98 Å². The average molecular weight is 310 g/mol. The number of aromatic amines is 1. The van der Waals surface area contributed by atoms with E-state index < -0.39 is 0 Å². The van der Waals surface area contributed by atoms with Crippen molar-refractivity contribution >= 4 is 35.6 Å². The standard InChI is InChI=1S/C15H15N3.2ClH/c1-2-12(14-9-16-10-18-14)15-13-6-4-3-5-11(13)7-8-17-15;;/h3-10,12H,2H2,1H3,(H,16,18);2*1H. The lowest BCUT2D eigenvalue weighted by Crippen LogP contribution is -2.03. The third kappa shape index (κ3) is 2.94. The highest BCUT2D eigenvalue weighted by Crippen LogP contribution is 2.29. The summed E-state index contributed by atoms with van der Waals surface area (Å²) in [6.45, 7) is 2.17. The first-order chi connectivity index (χ1) is 8.90. The molecule has 0 aliphatic rings. The third-order valence-corrected chi connectivity index (χ3v) is 3.32. The van der Waals surface area contributed by atoms with Gasteiger partial charge >= 0.3 is 0 Å². The van der Waals surface area contributed by atoms with Crippen LogP contribution in [0.25, 0.3) is 10.8 Å². The fraction of sp³-hybridized carbons (Fsp3) is 0.200. The molecule has 0 aliphatic carbocycles. The van der Waals surface area contributed by atoms with Crippen LogP contribution < -0.4 is 0 Å². The Hall–Kier alpha value is -1.58. The van der Waals surface area contributed by atoms with Gasteiger partial charge in [-0.15, -0.1) is 24.8 Å². The van der Waals surface area contributed by atoms with Gasteiger partial charge in [0.05, 0.1) is 17.7 Å². The van der Waals surface area contributed by atoms with Crippen LogP contribution in [0, 0.1) is 0 Å². The van der Waals surface area contributed by atoms with Crippen molar-refractivity contribution in [1.29, 1.82) is 0 Å². The van der Waals surface area contributed by atoms with Crippen LogP contribution in [0.2, 0.25) is 0 Å². The molecule has 0 bridgehead atoms. The molecule has 2 heterocycles. The summed E-state index contributed by atoms with van der Waals surface area (Å²) in [5, 5.41) is 2.45. The zero-order valence-corrected chi connectivity index (χ0v) is 12.7. The van der Waals surface area contributed by atoms with Gasteiger partial charge in [-0.25, -0.2) is 4.98 Å². The van der Waals surface area contributed by atoms with E-state index in [1.54, 1.807) is 6.33 Å². The second-order valence-electron chi connectivity index (χ2n) is 4.37. The van der Waals surface area contributed by atoms with Crippen LogP contribution in [0.5, 0.6) is 0 Å². The molecule has 0 saturated heterocycles. The summed E-state index contributed by atoms with van der Waals surface area (Å²) in [6, 6.07) is 10.4.